The van der Waals surface area contributed by atoms with Gasteiger partial charge in [-0.25, -0.2) is 0 Å². The van der Waals surface area contributed by atoms with Crippen LogP contribution in [0.5, 0.6) is 11.5 Å². The van der Waals surface area contributed by atoms with Gasteiger partial charge in [0.25, 0.3) is 0 Å². The van der Waals surface area contributed by atoms with Crippen molar-refractivity contribution in [1.29, 1.82) is 0 Å². The van der Waals surface area contributed by atoms with Crippen LogP contribution < -0.4 is 10.1 Å². The van der Waals surface area contributed by atoms with E-state index in [1.807, 2.05) is 17.4 Å². The SMILES string of the molecule is COc1ccc(O)c(CNC(C)c2cc(C)sc2C)c1. The van der Waals surface area contributed by atoms with E-state index >= 15 is 0 Å². The van der Waals surface area contributed by atoms with Crippen molar-refractivity contribution in [3.8, 4) is 11.5 Å². The second-order valence-corrected chi connectivity index (χ2v) is 6.43. The van der Waals surface area contributed by atoms with Gasteiger partial charge < -0.3 is 15.2 Å². The van der Waals surface area contributed by atoms with Crippen LogP contribution in [0, 0.1) is 13.8 Å². The highest BCUT2D eigenvalue weighted by atomic mass is 32.1. The molecule has 0 amide bonds. The molecule has 0 spiro atoms. The van der Waals surface area contributed by atoms with E-state index in [4.69, 9.17) is 4.74 Å². The quantitative estimate of drug-likeness (QED) is 0.877. The molecule has 0 aliphatic heterocycles. The molecule has 0 saturated heterocycles. The van der Waals surface area contributed by atoms with E-state index in [0.29, 0.717) is 12.3 Å². The number of phenols is 1. The van der Waals surface area contributed by atoms with Crippen molar-refractivity contribution in [3.05, 3.63) is 45.1 Å². The number of hydrogen-bond acceptors (Lipinski definition) is 4. The van der Waals surface area contributed by atoms with Crippen LogP contribution in [0.25, 0.3) is 0 Å². The average Bonchev–Trinajstić information content (AvgIpc) is 2.76. The van der Waals surface area contributed by atoms with Gasteiger partial charge in [0.2, 0.25) is 0 Å². The first-order valence-corrected chi connectivity index (χ1v) is 7.49. The van der Waals surface area contributed by atoms with Crippen LogP contribution in [0.4, 0.5) is 0 Å². The Hall–Kier alpha value is -1.52. The summed E-state index contributed by atoms with van der Waals surface area (Å²) < 4.78 is 5.19. The molecule has 1 atom stereocenters. The zero-order chi connectivity index (χ0) is 14.7. The van der Waals surface area contributed by atoms with E-state index < -0.39 is 0 Å². The standard InChI is InChI=1S/C16H21NO2S/c1-10-7-15(12(3)20-10)11(2)17-9-13-8-14(19-4)5-6-16(13)18/h5-8,11,17-18H,9H2,1-4H3. The normalized spacial score (nSPS) is 12.4. The van der Waals surface area contributed by atoms with E-state index in [2.05, 4.69) is 32.2 Å². The molecule has 0 radical (unpaired) electrons. The van der Waals surface area contributed by atoms with Crippen molar-refractivity contribution in [1.82, 2.24) is 5.32 Å². The van der Waals surface area contributed by atoms with Crippen LogP contribution in [0.3, 0.4) is 0 Å². The summed E-state index contributed by atoms with van der Waals surface area (Å²) in [4.78, 5) is 2.67. The Morgan fingerprint density at radius 3 is 2.65 bits per heavy atom. The third-order valence-corrected chi connectivity index (χ3v) is 4.41. The number of nitrogens with one attached hydrogen (secondary N) is 1. The Morgan fingerprint density at radius 1 is 1.30 bits per heavy atom. The van der Waals surface area contributed by atoms with Gasteiger partial charge in [0.05, 0.1) is 7.11 Å². The number of benzene rings is 1. The third-order valence-electron chi connectivity index (χ3n) is 3.43. The lowest BCUT2D eigenvalue weighted by atomic mass is 10.1. The minimum atomic E-state index is 0.255. The first-order valence-electron chi connectivity index (χ1n) is 6.67. The van der Waals surface area contributed by atoms with Crippen molar-refractivity contribution >= 4 is 11.3 Å². The topological polar surface area (TPSA) is 41.5 Å². The summed E-state index contributed by atoms with van der Waals surface area (Å²) in [7, 11) is 1.63. The Morgan fingerprint density at radius 2 is 2.05 bits per heavy atom. The van der Waals surface area contributed by atoms with Crippen LogP contribution in [0.2, 0.25) is 0 Å². The molecule has 4 heteroatoms. The van der Waals surface area contributed by atoms with E-state index in [0.717, 1.165) is 11.3 Å². The molecule has 0 aliphatic carbocycles. The maximum atomic E-state index is 9.88. The van der Waals surface area contributed by atoms with Crippen LogP contribution in [-0.2, 0) is 6.54 Å². The fourth-order valence-corrected chi connectivity index (χ4v) is 3.31. The number of ether oxygens (including phenoxy) is 1. The number of thiophene rings is 1. The molecule has 20 heavy (non-hydrogen) atoms. The number of rotatable bonds is 5. The van der Waals surface area contributed by atoms with Gasteiger partial charge in [-0.05, 0) is 50.6 Å². The molecule has 1 unspecified atom stereocenters. The molecule has 108 valence electrons. The van der Waals surface area contributed by atoms with Crippen molar-refractivity contribution in [2.75, 3.05) is 7.11 Å². The van der Waals surface area contributed by atoms with Crippen molar-refractivity contribution in [3.63, 3.8) is 0 Å². The average molecular weight is 291 g/mol. The Bertz CT molecular complexity index is 592. The molecular formula is C16H21NO2S. The van der Waals surface area contributed by atoms with Gasteiger partial charge in [0, 0.05) is 27.9 Å². The zero-order valence-electron chi connectivity index (χ0n) is 12.4. The molecule has 0 aliphatic rings. The summed E-state index contributed by atoms with van der Waals surface area (Å²) in [6.45, 7) is 7.03. The summed E-state index contributed by atoms with van der Waals surface area (Å²) in [5.41, 5.74) is 2.18. The summed E-state index contributed by atoms with van der Waals surface area (Å²) in [6.07, 6.45) is 0. The largest absolute Gasteiger partial charge is 0.508 e. The second kappa shape index (κ2) is 6.29. The molecule has 0 saturated carbocycles. The fourth-order valence-electron chi connectivity index (χ4n) is 2.28. The van der Waals surface area contributed by atoms with Crippen LogP contribution in [0.15, 0.2) is 24.3 Å². The smallest absolute Gasteiger partial charge is 0.120 e. The summed E-state index contributed by atoms with van der Waals surface area (Å²) in [6, 6.07) is 7.77. The number of aryl methyl sites for hydroxylation is 2. The van der Waals surface area contributed by atoms with E-state index in [1.165, 1.54) is 15.3 Å². The molecule has 1 heterocycles. The predicted octanol–water partition coefficient (Wildman–Crippen LogP) is 3.93. The lowest BCUT2D eigenvalue weighted by Crippen LogP contribution is -2.18. The van der Waals surface area contributed by atoms with Gasteiger partial charge in [-0.2, -0.15) is 0 Å². The molecule has 0 bridgehead atoms. The van der Waals surface area contributed by atoms with Gasteiger partial charge in [-0.15, -0.1) is 11.3 Å². The second-order valence-electron chi connectivity index (χ2n) is 4.97. The Kier molecular flexibility index (Phi) is 4.68. The minimum Gasteiger partial charge on any atom is -0.508 e. The van der Waals surface area contributed by atoms with Gasteiger partial charge >= 0.3 is 0 Å². The number of aromatic hydroxyl groups is 1. The minimum absolute atomic E-state index is 0.255. The molecule has 0 fully saturated rings. The third kappa shape index (κ3) is 3.32. The number of phenolic OH excluding ortho intramolecular Hbond substituents is 1. The van der Waals surface area contributed by atoms with Crippen LogP contribution in [-0.4, -0.2) is 12.2 Å². The lowest BCUT2D eigenvalue weighted by molar-refractivity contribution is 0.409. The Labute approximate surface area is 124 Å². The molecule has 1 aromatic carbocycles. The number of methoxy groups -OCH3 is 1. The highest BCUT2D eigenvalue weighted by Crippen LogP contribution is 2.27. The molecule has 2 aromatic rings. The van der Waals surface area contributed by atoms with Gasteiger partial charge in [0.15, 0.2) is 0 Å². The first-order chi connectivity index (χ1) is 9.51. The van der Waals surface area contributed by atoms with Crippen molar-refractivity contribution in [2.45, 2.75) is 33.4 Å². The van der Waals surface area contributed by atoms with Crippen LogP contribution in [0.1, 0.15) is 33.8 Å². The molecule has 2 N–H and O–H groups in total. The highest BCUT2D eigenvalue weighted by Gasteiger charge is 2.12. The zero-order valence-corrected chi connectivity index (χ0v) is 13.2. The summed E-state index contributed by atoms with van der Waals surface area (Å²) in [5.74, 6) is 1.05. The van der Waals surface area contributed by atoms with E-state index in [-0.39, 0.29) is 6.04 Å². The van der Waals surface area contributed by atoms with Gasteiger partial charge in [-0.3, -0.25) is 0 Å². The molecule has 2 rings (SSSR count). The van der Waals surface area contributed by atoms with Gasteiger partial charge in [-0.1, -0.05) is 0 Å². The first kappa shape index (κ1) is 14.9. The molecule has 3 nitrogen and oxygen atoms in total. The summed E-state index contributed by atoms with van der Waals surface area (Å²) in [5, 5.41) is 13.3. The van der Waals surface area contributed by atoms with Crippen LogP contribution >= 0.6 is 11.3 Å². The summed E-state index contributed by atoms with van der Waals surface area (Å²) >= 11 is 1.82. The van der Waals surface area contributed by atoms with E-state index in [9.17, 15) is 5.11 Å². The molecular weight excluding hydrogens is 270 g/mol. The Balaban J connectivity index is 2.06. The monoisotopic (exact) mass is 291 g/mol. The molecule has 1 aromatic heterocycles. The predicted molar refractivity (Wildman–Crippen MR) is 83.7 cm³/mol. The number of hydrogen-bond donors (Lipinski definition) is 2. The fraction of sp³-hybridized carbons (Fsp3) is 0.375. The van der Waals surface area contributed by atoms with E-state index in [1.54, 1.807) is 19.2 Å². The maximum Gasteiger partial charge on any atom is 0.120 e. The lowest BCUT2D eigenvalue weighted by Gasteiger charge is -2.15. The maximum absolute atomic E-state index is 9.88. The van der Waals surface area contributed by atoms with Crippen molar-refractivity contribution in [2.24, 2.45) is 0 Å². The van der Waals surface area contributed by atoms with Crippen molar-refractivity contribution < 1.29 is 9.84 Å². The highest BCUT2D eigenvalue weighted by molar-refractivity contribution is 7.12. The van der Waals surface area contributed by atoms with Gasteiger partial charge in [0.1, 0.15) is 11.5 Å².